The number of halogens is 1. The van der Waals surface area contributed by atoms with E-state index in [0.29, 0.717) is 6.54 Å². The second-order valence-electron chi connectivity index (χ2n) is 4.24. The summed E-state index contributed by atoms with van der Waals surface area (Å²) in [5.41, 5.74) is 7.82. The molecule has 2 N–H and O–H groups in total. The molecule has 0 aliphatic heterocycles. The van der Waals surface area contributed by atoms with Gasteiger partial charge in [0.1, 0.15) is 0 Å². The highest BCUT2D eigenvalue weighted by Crippen LogP contribution is 2.21. The quantitative estimate of drug-likeness (QED) is 0.902. The van der Waals surface area contributed by atoms with Crippen LogP contribution in [-0.4, -0.2) is 16.9 Å². The van der Waals surface area contributed by atoms with Crippen molar-refractivity contribution in [2.45, 2.75) is 19.5 Å². The predicted octanol–water partition coefficient (Wildman–Crippen LogP) is 2.04. The first-order chi connectivity index (χ1) is 8.60. The van der Waals surface area contributed by atoms with Crippen molar-refractivity contribution in [3.63, 3.8) is 0 Å². The molecule has 0 radical (unpaired) electrons. The van der Waals surface area contributed by atoms with Gasteiger partial charge in [-0.15, -0.1) is 0 Å². The van der Waals surface area contributed by atoms with Gasteiger partial charge < -0.3 is 10.5 Å². The fraction of sp³-hybridized carbons (Fsp3) is 0.308. The third-order valence-corrected chi connectivity index (χ3v) is 2.75. The minimum Gasteiger partial charge on any atom is -0.494 e. The van der Waals surface area contributed by atoms with Crippen LogP contribution in [0.25, 0.3) is 0 Å². The van der Waals surface area contributed by atoms with Gasteiger partial charge in [0.15, 0.2) is 11.6 Å². The number of methoxy groups -OCH3 is 1. The minimum absolute atomic E-state index is 0.223. The van der Waals surface area contributed by atoms with E-state index in [2.05, 4.69) is 5.10 Å². The molecule has 1 unspecified atom stereocenters. The normalized spacial score (nSPS) is 12.4. The van der Waals surface area contributed by atoms with E-state index in [4.69, 9.17) is 10.5 Å². The number of ether oxygens (including phenoxy) is 1. The van der Waals surface area contributed by atoms with Crippen LogP contribution in [0.1, 0.15) is 17.2 Å². The van der Waals surface area contributed by atoms with Gasteiger partial charge in [-0.3, -0.25) is 4.68 Å². The summed E-state index contributed by atoms with van der Waals surface area (Å²) in [7, 11) is 1.44. The summed E-state index contributed by atoms with van der Waals surface area (Å²) in [4.78, 5) is 0. The molecular formula is C13H16FN3O. The molecule has 1 aromatic heterocycles. The highest BCUT2D eigenvalue weighted by molar-refractivity contribution is 5.30. The zero-order valence-electron chi connectivity index (χ0n) is 10.4. The predicted molar refractivity (Wildman–Crippen MR) is 66.8 cm³/mol. The van der Waals surface area contributed by atoms with Gasteiger partial charge >= 0.3 is 0 Å². The number of benzene rings is 1. The van der Waals surface area contributed by atoms with Crippen molar-refractivity contribution in [1.82, 2.24) is 9.78 Å². The Labute approximate surface area is 105 Å². The molecule has 0 aliphatic carbocycles. The highest BCUT2D eigenvalue weighted by Gasteiger charge is 2.11. The number of aromatic nitrogens is 2. The van der Waals surface area contributed by atoms with Crippen LogP contribution in [0.5, 0.6) is 5.75 Å². The van der Waals surface area contributed by atoms with Crippen LogP contribution in [0, 0.1) is 12.7 Å². The summed E-state index contributed by atoms with van der Waals surface area (Å²) >= 11 is 0. The number of nitrogens with two attached hydrogens (primary N) is 1. The van der Waals surface area contributed by atoms with Gasteiger partial charge in [0.25, 0.3) is 0 Å². The number of hydrogen-bond acceptors (Lipinski definition) is 3. The van der Waals surface area contributed by atoms with Crippen LogP contribution < -0.4 is 10.5 Å². The molecule has 0 saturated heterocycles. The lowest BCUT2D eigenvalue weighted by Crippen LogP contribution is -2.18. The fourth-order valence-electron chi connectivity index (χ4n) is 1.79. The molecule has 2 aromatic rings. The summed E-state index contributed by atoms with van der Waals surface area (Å²) in [6, 6.07) is 4.45. The maximum atomic E-state index is 13.6. The van der Waals surface area contributed by atoms with Crippen LogP contribution in [0.4, 0.5) is 4.39 Å². The van der Waals surface area contributed by atoms with Gasteiger partial charge in [0.05, 0.1) is 19.9 Å². The highest BCUT2D eigenvalue weighted by atomic mass is 19.1. The molecule has 4 nitrogen and oxygen atoms in total. The van der Waals surface area contributed by atoms with Crippen LogP contribution in [0.3, 0.4) is 0 Å². The third-order valence-electron chi connectivity index (χ3n) is 2.75. The smallest absolute Gasteiger partial charge is 0.165 e. The summed E-state index contributed by atoms with van der Waals surface area (Å²) < 4.78 is 20.2. The fourth-order valence-corrected chi connectivity index (χ4v) is 1.79. The molecule has 2 rings (SSSR count). The van der Waals surface area contributed by atoms with E-state index in [1.807, 2.05) is 13.1 Å². The summed E-state index contributed by atoms with van der Waals surface area (Å²) in [5.74, 6) is -0.178. The van der Waals surface area contributed by atoms with Crippen LogP contribution in [0.15, 0.2) is 30.6 Å². The standard InChI is InChI=1S/C13H16FN3O/c1-9-6-16-17(7-9)8-12(15)10-3-4-13(18-2)11(14)5-10/h3-7,12H,8,15H2,1-2H3. The van der Waals surface area contributed by atoms with Gasteiger partial charge in [-0.05, 0) is 30.2 Å². The lowest BCUT2D eigenvalue weighted by Gasteiger charge is -2.13. The Morgan fingerprint density at radius 2 is 2.28 bits per heavy atom. The second kappa shape index (κ2) is 5.18. The van der Waals surface area contributed by atoms with Crippen LogP contribution in [0.2, 0.25) is 0 Å². The minimum atomic E-state index is -0.401. The van der Waals surface area contributed by atoms with Crippen molar-refractivity contribution in [2.24, 2.45) is 5.73 Å². The molecule has 0 fully saturated rings. The maximum Gasteiger partial charge on any atom is 0.165 e. The topological polar surface area (TPSA) is 53.1 Å². The Morgan fingerprint density at radius 3 is 2.83 bits per heavy atom. The van der Waals surface area contributed by atoms with Crippen molar-refractivity contribution in [3.8, 4) is 5.75 Å². The molecule has 0 spiro atoms. The molecule has 96 valence electrons. The summed E-state index contributed by atoms with van der Waals surface area (Å²) in [5, 5.41) is 4.16. The van der Waals surface area contributed by atoms with Crippen molar-refractivity contribution >= 4 is 0 Å². The first-order valence-electron chi connectivity index (χ1n) is 5.68. The van der Waals surface area contributed by atoms with E-state index in [-0.39, 0.29) is 11.8 Å². The summed E-state index contributed by atoms with van der Waals surface area (Å²) in [6.07, 6.45) is 3.67. The molecular weight excluding hydrogens is 233 g/mol. The molecule has 18 heavy (non-hydrogen) atoms. The Bertz CT molecular complexity index is 539. The van der Waals surface area contributed by atoms with E-state index in [0.717, 1.165) is 11.1 Å². The van der Waals surface area contributed by atoms with Crippen molar-refractivity contribution in [1.29, 1.82) is 0 Å². The van der Waals surface area contributed by atoms with Gasteiger partial charge in [-0.1, -0.05) is 6.07 Å². The first-order valence-corrected chi connectivity index (χ1v) is 5.68. The molecule has 1 aromatic carbocycles. The van der Waals surface area contributed by atoms with E-state index >= 15 is 0 Å². The van der Waals surface area contributed by atoms with Gasteiger partial charge in [-0.2, -0.15) is 5.10 Å². The Hall–Kier alpha value is -1.88. The zero-order chi connectivity index (χ0) is 13.1. The van der Waals surface area contributed by atoms with Gasteiger partial charge in [0.2, 0.25) is 0 Å². The van der Waals surface area contributed by atoms with Crippen LogP contribution >= 0.6 is 0 Å². The first kappa shape index (κ1) is 12.6. The third kappa shape index (κ3) is 2.68. The van der Waals surface area contributed by atoms with Crippen molar-refractivity contribution in [2.75, 3.05) is 7.11 Å². The largest absolute Gasteiger partial charge is 0.494 e. The number of hydrogen-bond donors (Lipinski definition) is 1. The molecule has 5 heteroatoms. The van der Waals surface area contributed by atoms with Crippen molar-refractivity contribution in [3.05, 3.63) is 47.5 Å². The van der Waals surface area contributed by atoms with Gasteiger partial charge in [-0.25, -0.2) is 4.39 Å². The molecule has 0 bridgehead atoms. The zero-order valence-corrected chi connectivity index (χ0v) is 10.4. The van der Waals surface area contributed by atoms with Crippen molar-refractivity contribution < 1.29 is 9.13 Å². The number of aryl methyl sites for hydroxylation is 1. The lowest BCUT2D eigenvalue weighted by molar-refractivity contribution is 0.385. The maximum absolute atomic E-state index is 13.6. The number of nitrogens with zero attached hydrogens (tertiary/aromatic N) is 2. The second-order valence-corrected chi connectivity index (χ2v) is 4.24. The Morgan fingerprint density at radius 1 is 1.50 bits per heavy atom. The SMILES string of the molecule is COc1ccc(C(N)Cn2cc(C)cn2)cc1F. The Kier molecular flexibility index (Phi) is 3.62. The van der Waals surface area contributed by atoms with E-state index in [1.54, 1.807) is 23.0 Å². The molecule has 0 aliphatic rings. The Balaban J connectivity index is 2.13. The van der Waals surface area contributed by atoms with Gasteiger partial charge in [0, 0.05) is 12.2 Å². The molecule has 1 atom stereocenters. The molecule has 0 amide bonds. The monoisotopic (exact) mass is 249 g/mol. The lowest BCUT2D eigenvalue weighted by atomic mass is 10.1. The molecule has 0 saturated carbocycles. The summed E-state index contributed by atoms with van der Waals surface area (Å²) in [6.45, 7) is 2.47. The number of rotatable bonds is 4. The van der Waals surface area contributed by atoms with E-state index < -0.39 is 5.82 Å². The van der Waals surface area contributed by atoms with E-state index in [1.165, 1.54) is 13.2 Å². The average Bonchev–Trinajstić information content (AvgIpc) is 2.74. The molecule has 1 heterocycles. The average molecular weight is 249 g/mol. The van der Waals surface area contributed by atoms with Crippen LogP contribution in [-0.2, 0) is 6.54 Å². The van der Waals surface area contributed by atoms with E-state index in [9.17, 15) is 4.39 Å².